The predicted molar refractivity (Wildman–Crippen MR) is 85.4 cm³/mol. The van der Waals surface area contributed by atoms with Crippen molar-refractivity contribution in [3.05, 3.63) is 58.5 Å². The molecular formula is C17H16N2S. The molecule has 0 saturated carbocycles. The second kappa shape index (κ2) is 4.91. The molecule has 1 N–H and O–H groups in total. The van der Waals surface area contributed by atoms with Gasteiger partial charge in [0.05, 0.1) is 6.04 Å². The van der Waals surface area contributed by atoms with E-state index in [1.165, 1.54) is 41.3 Å². The zero-order valence-corrected chi connectivity index (χ0v) is 12.0. The summed E-state index contributed by atoms with van der Waals surface area (Å²) in [6.07, 6.45) is 7.52. The van der Waals surface area contributed by atoms with Crippen molar-refractivity contribution in [1.29, 1.82) is 0 Å². The summed E-state index contributed by atoms with van der Waals surface area (Å²) < 4.78 is 0. The number of fused-ring (bicyclic) bond motifs is 2. The maximum absolute atomic E-state index is 4.26. The average molecular weight is 280 g/mol. The van der Waals surface area contributed by atoms with Crippen LogP contribution in [0.1, 0.15) is 29.3 Å². The molecule has 0 aliphatic heterocycles. The lowest BCUT2D eigenvalue weighted by Gasteiger charge is -2.25. The van der Waals surface area contributed by atoms with Crippen LogP contribution >= 0.6 is 11.3 Å². The van der Waals surface area contributed by atoms with E-state index in [4.69, 9.17) is 0 Å². The van der Waals surface area contributed by atoms with Crippen LogP contribution in [0.5, 0.6) is 0 Å². The minimum absolute atomic E-state index is 0.441. The molecule has 4 rings (SSSR count). The zero-order valence-electron chi connectivity index (χ0n) is 11.2. The van der Waals surface area contributed by atoms with Crippen molar-refractivity contribution in [2.75, 3.05) is 5.32 Å². The van der Waals surface area contributed by atoms with Gasteiger partial charge in [-0.05, 0) is 53.8 Å². The molecular weight excluding hydrogens is 264 g/mol. The van der Waals surface area contributed by atoms with Crippen molar-refractivity contribution >= 4 is 27.8 Å². The number of anilines is 1. The van der Waals surface area contributed by atoms with E-state index in [0.717, 1.165) is 0 Å². The van der Waals surface area contributed by atoms with Crippen LogP contribution in [0.4, 0.5) is 5.69 Å². The van der Waals surface area contributed by atoms with E-state index < -0.39 is 0 Å². The number of thiophene rings is 1. The fraction of sp³-hybridized carbons (Fsp3) is 0.235. The van der Waals surface area contributed by atoms with Gasteiger partial charge in [-0.1, -0.05) is 12.1 Å². The molecule has 1 atom stereocenters. The van der Waals surface area contributed by atoms with Crippen molar-refractivity contribution in [2.24, 2.45) is 0 Å². The third-order valence-corrected chi connectivity index (χ3v) is 5.06. The van der Waals surface area contributed by atoms with E-state index in [9.17, 15) is 0 Å². The molecule has 1 unspecified atom stereocenters. The average Bonchev–Trinajstić information content (AvgIpc) is 2.97. The van der Waals surface area contributed by atoms with Crippen LogP contribution in [0, 0.1) is 0 Å². The summed E-state index contributed by atoms with van der Waals surface area (Å²) in [5.41, 5.74) is 2.68. The summed E-state index contributed by atoms with van der Waals surface area (Å²) in [6.45, 7) is 0. The van der Waals surface area contributed by atoms with Gasteiger partial charge in [-0.15, -0.1) is 11.3 Å². The van der Waals surface area contributed by atoms with Crippen LogP contribution in [-0.2, 0) is 6.42 Å². The second-order valence-corrected chi connectivity index (χ2v) is 6.29. The Kier molecular flexibility index (Phi) is 2.92. The van der Waals surface area contributed by atoms with Gasteiger partial charge in [0.1, 0.15) is 0 Å². The molecule has 0 amide bonds. The molecule has 2 nitrogen and oxygen atoms in total. The van der Waals surface area contributed by atoms with Crippen molar-refractivity contribution in [3.8, 4) is 0 Å². The molecule has 0 spiro atoms. The lowest BCUT2D eigenvalue weighted by Crippen LogP contribution is -2.15. The number of aryl methyl sites for hydroxylation is 1. The minimum atomic E-state index is 0.441. The van der Waals surface area contributed by atoms with E-state index in [0.29, 0.717) is 6.04 Å². The van der Waals surface area contributed by atoms with Gasteiger partial charge in [0.15, 0.2) is 0 Å². The maximum Gasteiger partial charge on any atom is 0.0525 e. The van der Waals surface area contributed by atoms with Crippen molar-refractivity contribution in [1.82, 2.24) is 4.98 Å². The summed E-state index contributed by atoms with van der Waals surface area (Å²) in [7, 11) is 0. The quantitative estimate of drug-likeness (QED) is 0.730. The molecule has 3 aromatic rings. The molecule has 1 aliphatic rings. The first-order valence-corrected chi connectivity index (χ1v) is 7.95. The number of benzene rings is 1. The monoisotopic (exact) mass is 280 g/mol. The largest absolute Gasteiger partial charge is 0.378 e. The van der Waals surface area contributed by atoms with E-state index in [1.54, 1.807) is 4.88 Å². The normalized spacial score (nSPS) is 17.9. The van der Waals surface area contributed by atoms with Crippen LogP contribution in [0.3, 0.4) is 0 Å². The third-order valence-electron chi connectivity index (χ3n) is 4.07. The summed E-state index contributed by atoms with van der Waals surface area (Å²) in [4.78, 5) is 5.81. The van der Waals surface area contributed by atoms with E-state index in [-0.39, 0.29) is 0 Å². The van der Waals surface area contributed by atoms with Crippen molar-refractivity contribution < 1.29 is 0 Å². The summed E-state index contributed by atoms with van der Waals surface area (Å²) in [5, 5.41) is 8.40. The first-order chi connectivity index (χ1) is 9.92. The van der Waals surface area contributed by atoms with Gasteiger partial charge < -0.3 is 5.32 Å². The van der Waals surface area contributed by atoms with Crippen LogP contribution in [-0.4, -0.2) is 4.98 Å². The summed E-state index contributed by atoms with van der Waals surface area (Å²) in [6, 6.07) is 11.2. The second-order valence-electron chi connectivity index (χ2n) is 5.29. The molecule has 2 heterocycles. The summed E-state index contributed by atoms with van der Waals surface area (Å²) >= 11 is 1.89. The number of aromatic nitrogens is 1. The Morgan fingerprint density at radius 2 is 2.20 bits per heavy atom. The smallest absolute Gasteiger partial charge is 0.0525 e. The highest BCUT2D eigenvalue weighted by molar-refractivity contribution is 7.10. The first kappa shape index (κ1) is 11.9. The molecule has 1 aromatic carbocycles. The lowest BCUT2D eigenvalue weighted by molar-refractivity contribution is 0.609. The molecule has 0 saturated heterocycles. The van der Waals surface area contributed by atoms with Gasteiger partial charge in [-0.2, -0.15) is 0 Å². The number of pyridine rings is 1. The number of rotatable bonds is 2. The number of nitrogens with zero attached hydrogens (tertiary/aromatic N) is 1. The lowest BCUT2D eigenvalue weighted by atomic mass is 9.93. The molecule has 0 radical (unpaired) electrons. The predicted octanol–water partition coefficient (Wildman–Crippen LogP) is 4.79. The minimum Gasteiger partial charge on any atom is -0.378 e. The Bertz CT molecular complexity index is 742. The Morgan fingerprint density at radius 3 is 3.20 bits per heavy atom. The third kappa shape index (κ3) is 1.98. The fourth-order valence-corrected chi connectivity index (χ4v) is 4.05. The standard InChI is InChI=1S/C17H16N2S/c1-3-12-7-9-18-11-14(12)16(4-1)19-15-5-2-6-17-13(15)8-10-20-17/h1,3-4,7-11,15,19H,2,5-6H2. The van der Waals surface area contributed by atoms with Crippen molar-refractivity contribution in [3.63, 3.8) is 0 Å². The van der Waals surface area contributed by atoms with Crippen molar-refractivity contribution in [2.45, 2.75) is 25.3 Å². The highest BCUT2D eigenvalue weighted by Gasteiger charge is 2.21. The SMILES string of the molecule is c1cc(NC2CCCc3sccc32)c2cnccc2c1. The van der Waals surface area contributed by atoms with Gasteiger partial charge >= 0.3 is 0 Å². The molecule has 1 aliphatic carbocycles. The molecule has 0 bridgehead atoms. The first-order valence-electron chi connectivity index (χ1n) is 7.07. The number of nitrogens with one attached hydrogen (secondary N) is 1. The number of hydrogen-bond acceptors (Lipinski definition) is 3. The Labute approximate surface area is 122 Å². The zero-order chi connectivity index (χ0) is 13.4. The van der Waals surface area contributed by atoms with E-state index in [2.05, 4.69) is 46.0 Å². The van der Waals surface area contributed by atoms with E-state index in [1.807, 2.05) is 23.7 Å². The maximum atomic E-state index is 4.26. The molecule has 0 fully saturated rings. The molecule has 100 valence electrons. The van der Waals surface area contributed by atoms with Gasteiger partial charge in [0.25, 0.3) is 0 Å². The van der Waals surface area contributed by atoms with Gasteiger partial charge in [-0.3, -0.25) is 4.98 Å². The Morgan fingerprint density at radius 1 is 1.20 bits per heavy atom. The van der Waals surface area contributed by atoms with Gasteiger partial charge in [0, 0.05) is 28.3 Å². The van der Waals surface area contributed by atoms with E-state index >= 15 is 0 Å². The summed E-state index contributed by atoms with van der Waals surface area (Å²) in [5.74, 6) is 0. The Hall–Kier alpha value is -1.87. The number of hydrogen-bond donors (Lipinski definition) is 1. The van der Waals surface area contributed by atoms with Crippen LogP contribution < -0.4 is 5.32 Å². The highest BCUT2D eigenvalue weighted by Crippen LogP contribution is 2.36. The molecule has 2 aromatic heterocycles. The Balaban J connectivity index is 1.73. The fourth-order valence-electron chi connectivity index (χ4n) is 3.06. The van der Waals surface area contributed by atoms with Gasteiger partial charge in [-0.25, -0.2) is 0 Å². The highest BCUT2D eigenvalue weighted by atomic mass is 32.1. The molecule has 3 heteroatoms. The van der Waals surface area contributed by atoms with Crippen LogP contribution in [0.2, 0.25) is 0 Å². The van der Waals surface area contributed by atoms with Crippen LogP contribution in [0.25, 0.3) is 10.8 Å². The topological polar surface area (TPSA) is 24.9 Å². The van der Waals surface area contributed by atoms with Crippen LogP contribution in [0.15, 0.2) is 48.1 Å². The van der Waals surface area contributed by atoms with Gasteiger partial charge in [0.2, 0.25) is 0 Å². The molecule has 20 heavy (non-hydrogen) atoms.